The summed E-state index contributed by atoms with van der Waals surface area (Å²) in [5.41, 5.74) is 8.86. The molecule has 3 heteroatoms. The third-order valence-electron chi connectivity index (χ3n) is 4.58. The molecule has 0 saturated heterocycles. The standard InChI is InChI=1S/C23H21N3/c1-4-5-17-8-12-19(13-9-17)21-15-14-20(18-10-6-16(2)7-11-18)22-23(21)25-26(3)24-22/h4-15H,1-3H3/b5-4+. The van der Waals surface area contributed by atoms with Crippen LogP contribution in [0.2, 0.25) is 0 Å². The lowest BCUT2D eigenvalue weighted by Crippen LogP contribution is -1.91. The molecule has 3 aromatic carbocycles. The van der Waals surface area contributed by atoms with Crippen molar-refractivity contribution in [1.82, 2.24) is 15.0 Å². The Morgan fingerprint density at radius 1 is 0.731 bits per heavy atom. The fourth-order valence-electron chi connectivity index (χ4n) is 3.26. The second-order valence-electron chi connectivity index (χ2n) is 6.54. The Morgan fingerprint density at radius 2 is 1.23 bits per heavy atom. The molecule has 0 aliphatic carbocycles. The average Bonchev–Trinajstić information content (AvgIpc) is 3.04. The highest BCUT2D eigenvalue weighted by molar-refractivity contribution is 6.00. The molecule has 0 amide bonds. The molecule has 1 heterocycles. The van der Waals surface area contributed by atoms with Crippen LogP contribution in [0.4, 0.5) is 0 Å². The Kier molecular flexibility index (Phi) is 4.13. The van der Waals surface area contributed by atoms with Gasteiger partial charge in [0.1, 0.15) is 11.0 Å². The number of rotatable bonds is 3. The molecule has 4 aromatic rings. The van der Waals surface area contributed by atoms with E-state index in [1.54, 1.807) is 4.80 Å². The third-order valence-corrected chi connectivity index (χ3v) is 4.58. The van der Waals surface area contributed by atoms with Gasteiger partial charge >= 0.3 is 0 Å². The van der Waals surface area contributed by atoms with Crippen molar-refractivity contribution in [2.75, 3.05) is 0 Å². The van der Waals surface area contributed by atoms with Gasteiger partial charge in [0.2, 0.25) is 0 Å². The number of allylic oxidation sites excluding steroid dienone is 1. The van der Waals surface area contributed by atoms with E-state index in [0.29, 0.717) is 0 Å². The first-order valence-corrected chi connectivity index (χ1v) is 8.80. The molecule has 0 atom stereocenters. The second kappa shape index (κ2) is 6.60. The molecule has 26 heavy (non-hydrogen) atoms. The van der Waals surface area contributed by atoms with Gasteiger partial charge in [0.25, 0.3) is 0 Å². The monoisotopic (exact) mass is 339 g/mol. The molecule has 128 valence electrons. The Morgan fingerprint density at radius 3 is 1.73 bits per heavy atom. The van der Waals surface area contributed by atoms with Gasteiger partial charge in [0.05, 0.1) is 0 Å². The van der Waals surface area contributed by atoms with E-state index < -0.39 is 0 Å². The van der Waals surface area contributed by atoms with Crippen LogP contribution in [0.1, 0.15) is 18.1 Å². The normalized spacial score (nSPS) is 11.5. The van der Waals surface area contributed by atoms with Gasteiger partial charge in [-0.1, -0.05) is 78.4 Å². The van der Waals surface area contributed by atoms with E-state index in [2.05, 4.69) is 83.9 Å². The van der Waals surface area contributed by atoms with Crippen LogP contribution in [-0.4, -0.2) is 15.0 Å². The average molecular weight is 339 g/mol. The summed E-state index contributed by atoms with van der Waals surface area (Å²) in [6.07, 6.45) is 4.15. The van der Waals surface area contributed by atoms with Crippen molar-refractivity contribution in [2.24, 2.45) is 7.05 Å². The lowest BCUT2D eigenvalue weighted by molar-refractivity contribution is 0.665. The van der Waals surface area contributed by atoms with Crippen molar-refractivity contribution in [2.45, 2.75) is 13.8 Å². The van der Waals surface area contributed by atoms with Gasteiger partial charge in [-0.2, -0.15) is 15.0 Å². The number of nitrogens with zero attached hydrogens (tertiary/aromatic N) is 3. The Hall–Kier alpha value is -3.20. The number of hydrogen-bond acceptors (Lipinski definition) is 2. The van der Waals surface area contributed by atoms with Gasteiger partial charge in [-0.05, 0) is 30.5 Å². The second-order valence-corrected chi connectivity index (χ2v) is 6.54. The number of hydrogen-bond donors (Lipinski definition) is 0. The summed E-state index contributed by atoms with van der Waals surface area (Å²) in [6, 6.07) is 21.4. The van der Waals surface area contributed by atoms with Crippen molar-refractivity contribution < 1.29 is 0 Å². The van der Waals surface area contributed by atoms with Crippen molar-refractivity contribution in [3.05, 3.63) is 77.9 Å². The first-order chi connectivity index (χ1) is 12.7. The predicted molar refractivity (Wildman–Crippen MR) is 109 cm³/mol. The number of aromatic nitrogens is 3. The summed E-state index contributed by atoms with van der Waals surface area (Å²) in [5, 5.41) is 9.28. The van der Waals surface area contributed by atoms with Gasteiger partial charge in [0, 0.05) is 18.2 Å². The largest absolute Gasteiger partial charge is 0.187 e. The van der Waals surface area contributed by atoms with Crippen LogP contribution < -0.4 is 0 Å². The molecule has 0 aliphatic rings. The molecular formula is C23H21N3. The molecule has 1 aromatic heterocycles. The Balaban J connectivity index is 1.87. The molecule has 0 saturated carbocycles. The third kappa shape index (κ3) is 2.93. The summed E-state index contributed by atoms with van der Waals surface area (Å²) in [7, 11) is 1.87. The quantitative estimate of drug-likeness (QED) is 0.483. The van der Waals surface area contributed by atoms with E-state index in [4.69, 9.17) is 0 Å². The first kappa shape index (κ1) is 16.3. The Bertz CT molecular complexity index is 1080. The molecule has 4 rings (SSSR count). The van der Waals surface area contributed by atoms with E-state index in [9.17, 15) is 0 Å². The zero-order valence-corrected chi connectivity index (χ0v) is 15.3. The Labute approximate surface area is 153 Å². The smallest absolute Gasteiger partial charge is 0.121 e. The molecule has 0 fully saturated rings. The van der Waals surface area contributed by atoms with Crippen LogP contribution in [0.25, 0.3) is 39.4 Å². The molecule has 0 radical (unpaired) electrons. The van der Waals surface area contributed by atoms with E-state index in [1.165, 1.54) is 11.1 Å². The van der Waals surface area contributed by atoms with Crippen molar-refractivity contribution in [3.63, 3.8) is 0 Å². The fraction of sp³-hybridized carbons (Fsp3) is 0.130. The highest BCUT2D eigenvalue weighted by atomic mass is 15.4. The zero-order valence-electron chi connectivity index (χ0n) is 15.3. The van der Waals surface area contributed by atoms with Crippen LogP contribution in [0.5, 0.6) is 0 Å². The number of benzene rings is 3. The van der Waals surface area contributed by atoms with Crippen LogP contribution in [0.3, 0.4) is 0 Å². The van der Waals surface area contributed by atoms with Gasteiger partial charge in [-0.15, -0.1) is 0 Å². The molecule has 0 aliphatic heterocycles. The lowest BCUT2D eigenvalue weighted by Gasteiger charge is -2.07. The summed E-state index contributed by atoms with van der Waals surface area (Å²) < 4.78 is 0. The summed E-state index contributed by atoms with van der Waals surface area (Å²) in [6.45, 7) is 4.13. The highest BCUT2D eigenvalue weighted by Crippen LogP contribution is 2.33. The van der Waals surface area contributed by atoms with E-state index in [0.717, 1.165) is 33.3 Å². The van der Waals surface area contributed by atoms with Crippen LogP contribution >= 0.6 is 0 Å². The van der Waals surface area contributed by atoms with Crippen LogP contribution in [-0.2, 0) is 7.05 Å². The summed E-state index contributed by atoms with van der Waals surface area (Å²) in [4.78, 5) is 1.65. The van der Waals surface area contributed by atoms with Gasteiger partial charge in [-0.25, -0.2) is 0 Å². The molecule has 0 N–H and O–H groups in total. The minimum absolute atomic E-state index is 0.935. The topological polar surface area (TPSA) is 30.7 Å². The summed E-state index contributed by atoms with van der Waals surface area (Å²) >= 11 is 0. The van der Waals surface area contributed by atoms with Crippen molar-refractivity contribution >= 4 is 17.1 Å². The molecular weight excluding hydrogens is 318 g/mol. The van der Waals surface area contributed by atoms with Crippen molar-refractivity contribution in [1.29, 1.82) is 0 Å². The van der Waals surface area contributed by atoms with Crippen LogP contribution in [0, 0.1) is 6.92 Å². The van der Waals surface area contributed by atoms with Gasteiger partial charge in [-0.3, -0.25) is 0 Å². The predicted octanol–water partition coefficient (Wildman–Crippen LogP) is 5.64. The molecule has 0 unspecified atom stereocenters. The minimum atomic E-state index is 0.935. The maximum absolute atomic E-state index is 4.64. The number of aryl methyl sites for hydroxylation is 2. The fourth-order valence-corrected chi connectivity index (χ4v) is 3.26. The summed E-state index contributed by atoms with van der Waals surface area (Å²) in [5.74, 6) is 0. The molecule has 0 bridgehead atoms. The van der Waals surface area contributed by atoms with Gasteiger partial charge < -0.3 is 0 Å². The van der Waals surface area contributed by atoms with Gasteiger partial charge in [0.15, 0.2) is 0 Å². The van der Waals surface area contributed by atoms with E-state index in [1.807, 2.05) is 20.0 Å². The maximum atomic E-state index is 4.64. The number of fused-ring (bicyclic) bond motifs is 1. The maximum Gasteiger partial charge on any atom is 0.121 e. The first-order valence-electron chi connectivity index (χ1n) is 8.80. The molecule has 3 nitrogen and oxygen atoms in total. The zero-order chi connectivity index (χ0) is 18.1. The van der Waals surface area contributed by atoms with E-state index in [-0.39, 0.29) is 0 Å². The van der Waals surface area contributed by atoms with Crippen molar-refractivity contribution in [3.8, 4) is 22.3 Å². The van der Waals surface area contributed by atoms with E-state index >= 15 is 0 Å². The minimum Gasteiger partial charge on any atom is -0.187 e. The van der Waals surface area contributed by atoms with Crippen LogP contribution in [0.15, 0.2) is 66.7 Å². The molecule has 0 spiro atoms. The SMILES string of the molecule is C/C=C/c1ccc(-c2ccc(-c3ccc(C)cc3)c3nn(C)nc23)cc1. The highest BCUT2D eigenvalue weighted by Gasteiger charge is 2.14. The lowest BCUT2D eigenvalue weighted by atomic mass is 9.97.